The van der Waals surface area contributed by atoms with E-state index in [1.165, 1.54) is 0 Å². The smallest absolute Gasteiger partial charge is 0.335 e. The van der Waals surface area contributed by atoms with Crippen LogP contribution in [0.25, 0.3) is 22.0 Å². The average molecular weight is 582 g/mol. The van der Waals surface area contributed by atoms with Crippen molar-refractivity contribution >= 4 is 28.2 Å². The molecule has 1 fully saturated rings. The summed E-state index contributed by atoms with van der Waals surface area (Å²) in [5.74, 6) is -0.333. The van der Waals surface area contributed by atoms with E-state index >= 15 is 0 Å². The molecule has 0 bridgehead atoms. The molecule has 3 aromatic carbocycles. The fourth-order valence-corrected chi connectivity index (χ4v) is 6.12. The number of fused-ring (bicyclic) bond motifs is 1. The zero-order valence-electron chi connectivity index (χ0n) is 23.2. The van der Waals surface area contributed by atoms with Gasteiger partial charge in [0.15, 0.2) is 0 Å². The summed E-state index contributed by atoms with van der Waals surface area (Å²) in [6.45, 7) is 1.35. The minimum atomic E-state index is -0.984. The summed E-state index contributed by atoms with van der Waals surface area (Å²) in [6.07, 6.45) is 1.94. The Hall–Kier alpha value is -4.24. The largest absolute Gasteiger partial charge is 0.489 e. The Balaban J connectivity index is 1.30. The predicted octanol–water partition coefficient (Wildman–Crippen LogP) is 6.92. The van der Waals surface area contributed by atoms with Crippen LogP contribution >= 0.6 is 11.3 Å². The van der Waals surface area contributed by atoms with Crippen LogP contribution in [0.15, 0.2) is 94.4 Å². The highest BCUT2D eigenvalue weighted by Crippen LogP contribution is 2.33. The van der Waals surface area contributed by atoms with Crippen LogP contribution in [0.4, 0.5) is 0 Å². The van der Waals surface area contributed by atoms with Crippen molar-refractivity contribution < 1.29 is 24.1 Å². The molecule has 1 N–H and O–H groups in total. The van der Waals surface area contributed by atoms with Crippen molar-refractivity contribution in [3.05, 3.63) is 122 Å². The molecule has 3 heterocycles. The molecule has 6 rings (SSSR count). The third kappa shape index (κ3) is 6.01. The van der Waals surface area contributed by atoms with Crippen molar-refractivity contribution in [3.63, 3.8) is 0 Å². The number of benzene rings is 3. The summed E-state index contributed by atoms with van der Waals surface area (Å²) in [5, 5.41) is 14.2. The van der Waals surface area contributed by atoms with E-state index in [9.17, 15) is 14.7 Å². The summed E-state index contributed by atoms with van der Waals surface area (Å²) in [7, 11) is 1.75. The monoisotopic (exact) mass is 581 g/mol. The summed E-state index contributed by atoms with van der Waals surface area (Å²) < 4.78 is 19.5. The first kappa shape index (κ1) is 27.9. The van der Waals surface area contributed by atoms with Crippen LogP contribution < -0.4 is 10.3 Å². The predicted molar refractivity (Wildman–Crippen MR) is 164 cm³/mol. The number of hydrogen-bond donors (Lipinski definition) is 1. The van der Waals surface area contributed by atoms with E-state index in [0.29, 0.717) is 25.5 Å². The standard InChI is InChI=1S/C34H31NO6S/c1-39-27-11-13-40-32(17-27)25-4-2-3-23(15-25)20-41-28-9-10-29-30(26-12-14-42-21-26)18-33(36)35(31(29)16-28)19-22-5-7-24(8-6-22)34(37)38/h2-10,12,14-16,18,21,27,32H,11,13,17,19-20H2,1H3,(H,37,38). The number of aromatic carboxylic acids is 1. The molecule has 5 aromatic rings. The molecule has 0 radical (unpaired) electrons. The van der Waals surface area contributed by atoms with Crippen molar-refractivity contribution in [1.29, 1.82) is 0 Å². The fraction of sp³-hybridized carbons (Fsp3) is 0.235. The fourth-order valence-electron chi connectivity index (χ4n) is 5.47. The van der Waals surface area contributed by atoms with Gasteiger partial charge in [-0.2, -0.15) is 11.3 Å². The van der Waals surface area contributed by atoms with Crippen molar-refractivity contribution in [2.75, 3.05) is 13.7 Å². The molecule has 1 aliphatic rings. The summed E-state index contributed by atoms with van der Waals surface area (Å²) in [4.78, 5) is 24.8. The van der Waals surface area contributed by atoms with Crippen LogP contribution in [0.1, 0.15) is 46.0 Å². The Morgan fingerprint density at radius 1 is 1.05 bits per heavy atom. The molecular weight excluding hydrogens is 550 g/mol. The van der Waals surface area contributed by atoms with Crippen molar-refractivity contribution in [2.24, 2.45) is 0 Å². The van der Waals surface area contributed by atoms with Gasteiger partial charge < -0.3 is 23.9 Å². The van der Waals surface area contributed by atoms with Gasteiger partial charge in [-0.1, -0.05) is 30.3 Å². The Kier molecular flexibility index (Phi) is 8.19. The topological polar surface area (TPSA) is 87.0 Å². The molecule has 214 valence electrons. The van der Waals surface area contributed by atoms with Crippen LogP contribution in [0.3, 0.4) is 0 Å². The van der Waals surface area contributed by atoms with E-state index < -0.39 is 5.97 Å². The lowest BCUT2D eigenvalue weighted by molar-refractivity contribution is -0.0599. The maximum Gasteiger partial charge on any atom is 0.335 e. The third-order valence-corrected chi connectivity index (χ3v) is 8.44. The van der Waals surface area contributed by atoms with E-state index in [4.69, 9.17) is 14.2 Å². The van der Waals surface area contributed by atoms with E-state index in [0.717, 1.165) is 51.6 Å². The number of carboxylic acids is 1. The third-order valence-electron chi connectivity index (χ3n) is 7.76. The normalized spacial score (nSPS) is 16.9. The Bertz CT molecular complexity index is 1760. The second-order valence-corrected chi connectivity index (χ2v) is 11.2. The number of hydrogen-bond acceptors (Lipinski definition) is 6. The van der Waals surface area contributed by atoms with E-state index in [1.807, 2.05) is 47.2 Å². The highest BCUT2D eigenvalue weighted by Gasteiger charge is 2.24. The molecule has 8 heteroatoms. The van der Waals surface area contributed by atoms with E-state index in [1.54, 1.807) is 53.3 Å². The Morgan fingerprint density at radius 2 is 1.90 bits per heavy atom. The van der Waals surface area contributed by atoms with Crippen LogP contribution in [-0.2, 0) is 22.6 Å². The maximum absolute atomic E-state index is 13.5. The number of nitrogens with zero attached hydrogens (tertiary/aromatic N) is 1. The van der Waals surface area contributed by atoms with Gasteiger partial charge in [-0.3, -0.25) is 4.79 Å². The number of rotatable bonds is 9. The first-order chi connectivity index (χ1) is 20.5. The highest BCUT2D eigenvalue weighted by atomic mass is 32.1. The summed E-state index contributed by atoms with van der Waals surface area (Å²) in [6, 6.07) is 24.4. The van der Waals surface area contributed by atoms with Gasteiger partial charge in [0.2, 0.25) is 0 Å². The summed E-state index contributed by atoms with van der Waals surface area (Å²) >= 11 is 1.58. The number of thiophene rings is 1. The second kappa shape index (κ2) is 12.3. The summed E-state index contributed by atoms with van der Waals surface area (Å²) in [5.41, 5.74) is 5.64. The van der Waals surface area contributed by atoms with Crippen LogP contribution in [0.5, 0.6) is 5.75 Å². The quantitative estimate of drug-likeness (QED) is 0.203. The minimum Gasteiger partial charge on any atom is -0.489 e. The zero-order chi connectivity index (χ0) is 29.1. The van der Waals surface area contributed by atoms with E-state index in [2.05, 4.69) is 12.1 Å². The van der Waals surface area contributed by atoms with Crippen molar-refractivity contribution in [3.8, 4) is 16.9 Å². The van der Waals surface area contributed by atoms with Gasteiger partial charge in [-0.25, -0.2) is 4.79 Å². The number of carbonyl (C=O) groups is 1. The molecule has 7 nitrogen and oxygen atoms in total. The molecule has 0 amide bonds. The number of methoxy groups -OCH3 is 1. The highest BCUT2D eigenvalue weighted by molar-refractivity contribution is 7.08. The SMILES string of the molecule is COC1CCOC(c2cccc(COc3ccc4c(-c5ccsc5)cc(=O)n(Cc5ccc(C(=O)O)cc5)c4c3)c2)C1. The molecule has 2 unspecified atom stereocenters. The molecule has 2 aromatic heterocycles. The number of carboxylic acid groups (broad SMARTS) is 1. The van der Waals surface area contributed by atoms with Crippen molar-refractivity contribution in [1.82, 2.24) is 4.57 Å². The lowest BCUT2D eigenvalue weighted by atomic mass is 9.98. The average Bonchev–Trinajstić information content (AvgIpc) is 3.57. The first-order valence-corrected chi connectivity index (χ1v) is 14.8. The first-order valence-electron chi connectivity index (χ1n) is 13.9. The molecule has 42 heavy (non-hydrogen) atoms. The van der Waals surface area contributed by atoms with Gasteiger partial charge in [0.1, 0.15) is 12.4 Å². The molecule has 0 saturated carbocycles. The van der Waals surface area contributed by atoms with Gasteiger partial charge >= 0.3 is 5.97 Å². The van der Waals surface area contributed by atoms with E-state index in [-0.39, 0.29) is 23.3 Å². The van der Waals surface area contributed by atoms with Crippen LogP contribution in [0, 0.1) is 0 Å². The molecule has 1 aliphatic heterocycles. The molecule has 0 spiro atoms. The molecule has 1 saturated heterocycles. The van der Waals surface area contributed by atoms with Crippen LogP contribution in [0.2, 0.25) is 0 Å². The van der Waals surface area contributed by atoms with Gasteiger partial charge in [-0.15, -0.1) is 0 Å². The van der Waals surface area contributed by atoms with Crippen molar-refractivity contribution in [2.45, 2.75) is 38.2 Å². The molecule has 2 atom stereocenters. The lowest BCUT2D eigenvalue weighted by Gasteiger charge is -2.29. The maximum atomic E-state index is 13.5. The van der Waals surface area contributed by atoms with Crippen LogP contribution in [-0.4, -0.2) is 35.5 Å². The second-order valence-electron chi connectivity index (χ2n) is 10.5. The molecular formula is C34H31NO6S. The zero-order valence-corrected chi connectivity index (χ0v) is 24.0. The molecule has 0 aliphatic carbocycles. The number of ether oxygens (including phenoxy) is 3. The van der Waals surface area contributed by atoms with Gasteiger partial charge in [0.25, 0.3) is 5.56 Å². The van der Waals surface area contributed by atoms with Gasteiger partial charge in [0, 0.05) is 37.7 Å². The van der Waals surface area contributed by atoms with Gasteiger partial charge in [-0.05, 0) is 81.4 Å². The number of aromatic nitrogens is 1. The number of pyridine rings is 1. The minimum absolute atomic E-state index is 0.00107. The van der Waals surface area contributed by atoms with Gasteiger partial charge in [0.05, 0.1) is 29.8 Å². The lowest BCUT2D eigenvalue weighted by Crippen LogP contribution is -2.25. The Labute approximate surface area is 247 Å². The Morgan fingerprint density at radius 3 is 2.67 bits per heavy atom.